The fraction of sp³-hybridized carbons (Fsp3) is 0.429. The van der Waals surface area contributed by atoms with Crippen LogP contribution in [0.25, 0.3) is 10.2 Å². The molecule has 1 fully saturated rings. The highest BCUT2D eigenvalue weighted by atomic mass is 32.1. The van der Waals surface area contributed by atoms with E-state index < -0.39 is 0 Å². The molecule has 0 radical (unpaired) electrons. The van der Waals surface area contributed by atoms with Gasteiger partial charge in [-0.25, -0.2) is 9.78 Å². The van der Waals surface area contributed by atoms with Gasteiger partial charge in [0.25, 0.3) is 0 Å². The number of nitrogens with one attached hydrogen (secondary N) is 1. The molecule has 1 saturated heterocycles. The van der Waals surface area contributed by atoms with Crippen molar-refractivity contribution in [3.63, 3.8) is 0 Å². The highest BCUT2D eigenvalue weighted by molar-refractivity contribution is 7.22. The summed E-state index contributed by atoms with van der Waals surface area (Å²) in [6.07, 6.45) is 0.849. The highest BCUT2D eigenvalue weighted by Gasteiger charge is 2.39. The number of fused-ring (bicyclic) bond motifs is 3. The molecule has 3 heterocycles. The maximum Gasteiger partial charge on any atom is 0.324 e. The summed E-state index contributed by atoms with van der Waals surface area (Å²) in [6, 6.07) is 3.37. The van der Waals surface area contributed by atoms with Crippen LogP contribution in [-0.2, 0) is 6.42 Å². The van der Waals surface area contributed by atoms with Crippen molar-refractivity contribution < 1.29 is 14.6 Å². The minimum Gasteiger partial charge on any atom is -0.493 e. The van der Waals surface area contributed by atoms with Gasteiger partial charge in [-0.2, -0.15) is 0 Å². The number of nitrogens with zero attached hydrogens (tertiary/aromatic N) is 2. The zero-order chi connectivity index (χ0) is 14.6. The number of thiazole rings is 1. The number of hydrogen-bond acceptors (Lipinski definition) is 5. The van der Waals surface area contributed by atoms with Crippen molar-refractivity contribution in [2.24, 2.45) is 0 Å². The molecule has 6 nitrogen and oxygen atoms in total. The average Bonchev–Trinajstić information content (AvgIpc) is 3.13. The van der Waals surface area contributed by atoms with Crippen LogP contribution in [-0.4, -0.2) is 41.4 Å². The SMILES string of the molecule is C[C@@H]1NC(=O)N(c2nc3c4c(ccc3s2)OCC4)[C@@H]1CO. The Morgan fingerprint density at radius 2 is 2.43 bits per heavy atom. The maximum absolute atomic E-state index is 12.1. The Morgan fingerprint density at radius 3 is 3.24 bits per heavy atom. The van der Waals surface area contributed by atoms with Crippen LogP contribution in [0.1, 0.15) is 12.5 Å². The van der Waals surface area contributed by atoms with E-state index in [9.17, 15) is 9.90 Å². The van der Waals surface area contributed by atoms with Crippen LogP contribution in [0.4, 0.5) is 9.93 Å². The second-order valence-electron chi connectivity index (χ2n) is 5.34. The summed E-state index contributed by atoms with van der Waals surface area (Å²) in [5, 5.41) is 13.0. The third-order valence-electron chi connectivity index (χ3n) is 4.09. The molecule has 0 bridgehead atoms. The first-order chi connectivity index (χ1) is 10.2. The molecule has 2 N–H and O–H groups in total. The number of benzene rings is 1. The zero-order valence-corrected chi connectivity index (χ0v) is 12.3. The Bertz CT molecular complexity index is 730. The number of amides is 2. The van der Waals surface area contributed by atoms with Gasteiger partial charge in [0.1, 0.15) is 5.75 Å². The van der Waals surface area contributed by atoms with Gasteiger partial charge in [-0.15, -0.1) is 0 Å². The molecule has 0 unspecified atom stereocenters. The van der Waals surface area contributed by atoms with E-state index in [0.717, 1.165) is 28.0 Å². The summed E-state index contributed by atoms with van der Waals surface area (Å²) >= 11 is 1.47. The molecular formula is C14H15N3O3S. The second-order valence-corrected chi connectivity index (χ2v) is 6.35. The number of hydrogen-bond donors (Lipinski definition) is 2. The lowest BCUT2D eigenvalue weighted by atomic mass is 10.1. The number of carbonyl (C=O) groups is 1. The van der Waals surface area contributed by atoms with Gasteiger partial charge in [-0.05, 0) is 19.1 Å². The molecule has 0 aliphatic carbocycles. The Balaban J connectivity index is 1.82. The lowest BCUT2D eigenvalue weighted by Gasteiger charge is -2.20. The normalized spacial score (nSPS) is 24.3. The Hall–Kier alpha value is -1.86. The number of aliphatic hydroxyl groups is 1. The summed E-state index contributed by atoms with van der Waals surface area (Å²) in [5.41, 5.74) is 2.03. The van der Waals surface area contributed by atoms with Gasteiger partial charge in [-0.3, -0.25) is 4.90 Å². The topological polar surface area (TPSA) is 74.7 Å². The van der Waals surface area contributed by atoms with Gasteiger partial charge in [0.15, 0.2) is 5.13 Å². The minimum absolute atomic E-state index is 0.0863. The van der Waals surface area contributed by atoms with E-state index in [4.69, 9.17) is 4.74 Å². The molecule has 0 saturated carbocycles. The molecule has 1 aromatic heterocycles. The summed E-state index contributed by atoms with van der Waals surface area (Å²) in [4.78, 5) is 18.3. The lowest BCUT2D eigenvalue weighted by Crippen LogP contribution is -2.38. The Morgan fingerprint density at radius 1 is 1.57 bits per heavy atom. The van der Waals surface area contributed by atoms with Crippen molar-refractivity contribution in [3.05, 3.63) is 17.7 Å². The van der Waals surface area contributed by atoms with Crippen molar-refractivity contribution in [2.75, 3.05) is 18.1 Å². The standard InChI is InChI=1S/C14H15N3O3S/c1-7-9(6-18)17(13(19)15-7)14-16-12-8-4-5-20-10(8)2-3-11(12)21-14/h2-3,7,9,18H,4-6H2,1H3,(H,15,19)/t7-,9+/m0/s1. The van der Waals surface area contributed by atoms with Crippen molar-refractivity contribution >= 4 is 32.7 Å². The van der Waals surface area contributed by atoms with Crippen molar-refractivity contribution in [2.45, 2.75) is 25.4 Å². The van der Waals surface area contributed by atoms with Crippen LogP contribution in [0.5, 0.6) is 5.75 Å². The zero-order valence-electron chi connectivity index (χ0n) is 11.5. The molecule has 0 spiro atoms. The van der Waals surface area contributed by atoms with E-state index in [1.54, 1.807) is 4.90 Å². The van der Waals surface area contributed by atoms with Gasteiger partial charge >= 0.3 is 6.03 Å². The van der Waals surface area contributed by atoms with Gasteiger partial charge < -0.3 is 15.2 Å². The minimum atomic E-state index is -0.276. The summed E-state index contributed by atoms with van der Waals surface area (Å²) in [5.74, 6) is 0.886. The fourth-order valence-electron chi connectivity index (χ4n) is 2.96. The Labute approximate surface area is 125 Å². The van der Waals surface area contributed by atoms with Gasteiger partial charge in [0.2, 0.25) is 0 Å². The number of carbonyl (C=O) groups excluding carboxylic acids is 1. The van der Waals surface area contributed by atoms with Crippen molar-refractivity contribution in [3.8, 4) is 5.75 Å². The molecule has 2 aliphatic rings. The van der Waals surface area contributed by atoms with Crippen LogP contribution >= 0.6 is 11.3 Å². The van der Waals surface area contributed by atoms with E-state index in [-0.39, 0.29) is 24.7 Å². The molecular weight excluding hydrogens is 290 g/mol. The summed E-state index contributed by atoms with van der Waals surface area (Å²) in [6.45, 7) is 2.48. The van der Waals surface area contributed by atoms with Gasteiger partial charge in [0.05, 0.1) is 35.5 Å². The van der Waals surface area contributed by atoms with Crippen LogP contribution < -0.4 is 15.0 Å². The third kappa shape index (κ3) is 1.81. The predicted molar refractivity (Wildman–Crippen MR) is 80.2 cm³/mol. The first-order valence-electron chi connectivity index (χ1n) is 6.95. The smallest absolute Gasteiger partial charge is 0.324 e. The fourth-order valence-corrected chi connectivity index (χ4v) is 4.02. The van der Waals surface area contributed by atoms with Crippen LogP contribution in [0.2, 0.25) is 0 Å². The van der Waals surface area contributed by atoms with Crippen molar-refractivity contribution in [1.82, 2.24) is 10.3 Å². The molecule has 110 valence electrons. The van der Waals surface area contributed by atoms with E-state index in [1.165, 1.54) is 11.3 Å². The average molecular weight is 305 g/mol. The Kier molecular flexibility index (Phi) is 2.80. The van der Waals surface area contributed by atoms with Crippen molar-refractivity contribution in [1.29, 1.82) is 0 Å². The second kappa shape index (κ2) is 4.57. The molecule has 2 amide bonds. The summed E-state index contributed by atoms with van der Waals surface area (Å²) < 4.78 is 6.59. The monoisotopic (exact) mass is 305 g/mol. The highest BCUT2D eigenvalue weighted by Crippen LogP contribution is 2.38. The van der Waals surface area contributed by atoms with E-state index in [2.05, 4.69) is 10.3 Å². The lowest BCUT2D eigenvalue weighted by molar-refractivity contribution is 0.247. The van der Waals surface area contributed by atoms with E-state index in [0.29, 0.717) is 11.7 Å². The number of rotatable bonds is 2. The maximum atomic E-state index is 12.1. The van der Waals surface area contributed by atoms with E-state index in [1.807, 2.05) is 19.1 Å². The van der Waals surface area contributed by atoms with Crippen LogP contribution in [0.15, 0.2) is 12.1 Å². The molecule has 7 heteroatoms. The first kappa shape index (κ1) is 12.8. The number of anilines is 1. The molecule has 2 aliphatic heterocycles. The van der Waals surface area contributed by atoms with E-state index >= 15 is 0 Å². The van der Waals surface area contributed by atoms with Gasteiger partial charge in [-0.1, -0.05) is 11.3 Å². The number of ether oxygens (including phenoxy) is 1. The number of urea groups is 1. The third-order valence-corrected chi connectivity index (χ3v) is 5.11. The number of aliphatic hydroxyl groups excluding tert-OH is 1. The molecule has 4 rings (SSSR count). The molecule has 2 aromatic rings. The predicted octanol–water partition coefficient (Wildman–Crippen LogP) is 1.51. The summed E-state index contributed by atoms with van der Waals surface area (Å²) in [7, 11) is 0. The van der Waals surface area contributed by atoms with Crippen LogP contribution in [0, 0.1) is 0 Å². The van der Waals surface area contributed by atoms with Gasteiger partial charge in [0, 0.05) is 12.0 Å². The first-order valence-corrected chi connectivity index (χ1v) is 7.76. The van der Waals surface area contributed by atoms with Crippen LogP contribution in [0.3, 0.4) is 0 Å². The molecule has 2 atom stereocenters. The number of aromatic nitrogens is 1. The quantitative estimate of drug-likeness (QED) is 0.882. The molecule has 21 heavy (non-hydrogen) atoms. The molecule has 1 aromatic carbocycles. The largest absolute Gasteiger partial charge is 0.493 e.